The molecule has 0 amide bonds. The molecule has 1 nitrogen and oxygen atoms in total. The van der Waals surface area contributed by atoms with E-state index in [1.54, 1.807) is 6.08 Å². The summed E-state index contributed by atoms with van der Waals surface area (Å²) in [6.07, 6.45) is 11.3. The van der Waals surface area contributed by atoms with Crippen LogP contribution < -0.4 is 0 Å². The van der Waals surface area contributed by atoms with Gasteiger partial charge in [0.1, 0.15) is 0 Å². The van der Waals surface area contributed by atoms with E-state index in [1.165, 1.54) is 32.1 Å². The van der Waals surface area contributed by atoms with E-state index in [0.717, 1.165) is 6.42 Å². The number of unbranched alkanes of at least 4 members (excludes halogenated alkanes) is 5. The second-order valence-corrected chi connectivity index (χ2v) is 5.22. The second-order valence-electron chi connectivity index (χ2n) is 5.22. The van der Waals surface area contributed by atoms with E-state index in [2.05, 4.69) is 6.92 Å². The lowest BCUT2D eigenvalue weighted by Gasteiger charge is -2.12. The van der Waals surface area contributed by atoms with Crippen LogP contribution in [0.2, 0.25) is 0 Å². The highest BCUT2D eigenvalue weighted by molar-refractivity contribution is 5.93. The molecule has 0 fully saturated rings. The Morgan fingerprint density at radius 1 is 1.07 bits per heavy atom. The van der Waals surface area contributed by atoms with Crippen LogP contribution in [0.1, 0.15) is 66.2 Å². The number of hydrogen-bond donors (Lipinski definition) is 0. The average molecular weight is 210 g/mol. The van der Waals surface area contributed by atoms with Crippen molar-refractivity contribution in [2.45, 2.75) is 66.2 Å². The number of allylic oxidation sites excluding steroid dienone is 2. The molecule has 88 valence electrons. The smallest absolute Gasteiger partial charge is 0.160 e. The van der Waals surface area contributed by atoms with Gasteiger partial charge in [0.2, 0.25) is 0 Å². The van der Waals surface area contributed by atoms with Crippen molar-refractivity contribution in [3.8, 4) is 0 Å². The summed E-state index contributed by atoms with van der Waals surface area (Å²) in [5.74, 6) is 0.232. The topological polar surface area (TPSA) is 17.1 Å². The predicted octanol–water partition coefficient (Wildman–Crippen LogP) is 4.52. The van der Waals surface area contributed by atoms with Crippen molar-refractivity contribution in [2.75, 3.05) is 0 Å². The van der Waals surface area contributed by atoms with Crippen LogP contribution in [0.5, 0.6) is 0 Å². The third-order valence-corrected chi connectivity index (χ3v) is 2.48. The Hall–Kier alpha value is -0.590. The van der Waals surface area contributed by atoms with Gasteiger partial charge in [0.25, 0.3) is 0 Å². The summed E-state index contributed by atoms with van der Waals surface area (Å²) in [6, 6.07) is 0. The minimum absolute atomic E-state index is 0.224. The van der Waals surface area contributed by atoms with Gasteiger partial charge in [-0.15, -0.1) is 0 Å². The molecule has 0 spiro atoms. The first-order valence-corrected chi connectivity index (χ1v) is 6.19. The number of carbonyl (C=O) groups is 1. The summed E-state index contributed by atoms with van der Waals surface area (Å²) < 4.78 is 0. The Labute approximate surface area is 95.0 Å². The molecule has 0 radical (unpaired) electrons. The maximum Gasteiger partial charge on any atom is 0.160 e. The Morgan fingerprint density at radius 2 is 1.67 bits per heavy atom. The van der Waals surface area contributed by atoms with Crippen molar-refractivity contribution in [1.82, 2.24) is 0 Å². The number of carbonyl (C=O) groups excluding carboxylic acids is 1. The molecule has 0 aliphatic rings. The molecule has 0 saturated carbocycles. The molecule has 0 aromatic heterocycles. The van der Waals surface area contributed by atoms with Crippen LogP contribution in [0.4, 0.5) is 0 Å². The zero-order valence-corrected chi connectivity index (χ0v) is 10.8. The second kappa shape index (κ2) is 7.67. The molecule has 1 heteroatoms. The predicted molar refractivity (Wildman–Crippen MR) is 67.0 cm³/mol. The highest BCUT2D eigenvalue weighted by Crippen LogP contribution is 2.15. The quantitative estimate of drug-likeness (QED) is 0.446. The van der Waals surface area contributed by atoms with Gasteiger partial charge in [-0.1, -0.05) is 59.5 Å². The van der Waals surface area contributed by atoms with E-state index in [0.29, 0.717) is 0 Å². The van der Waals surface area contributed by atoms with Crippen LogP contribution in [-0.4, -0.2) is 5.78 Å². The van der Waals surface area contributed by atoms with E-state index < -0.39 is 0 Å². The van der Waals surface area contributed by atoms with Crippen molar-refractivity contribution in [3.05, 3.63) is 12.2 Å². The van der Waals surface area contributed by atoms with Crippen molar-refractivity contribution >= 4 is 5.78 Å². The third-order valence-electron chi connectivity index (χ3n) is 2.48. The van der Waals surface area contributed by atoms with Crippen LogP contribution in [-0.2, 0) is 4.79 Å². The molecule has 0 N–H and O–H groups in total. The third kappa shape index (κ3) is 8.41. The van der Waals surface area contributed by atoms with Gasteiger partial charge in [-0.05, 0) is 18.9 Å². The first-order valence-electron chi connectivity index (χ1n) is 6.19. The lowest BCUT2D eigenvalue weighted by atomic mass is 9.90. The number of hydrogen-bond acceptors (Lipinski definition) is 1. The van der Waals surface area contributed by atoms with E-state index in [9.17, 15) is 4.79 Å². The molecule has 0 aromatic rings. The van der Waals surface area contributed by atoms with E-state index in [1.807, 2.05) is 26.8 Å². The molecule has 0 aliphatic carbocycles. The van der Waals surface area contributed by atoms with Crippen LogP contribution in [0.15, 0.2) is 12.2 Å². The fourth-order valence-electron chi connectivity index (χ4n) is 1.31. The fraction of sp³-hybridized carbons (Fsp3) is 0.786. The normalized spacial score (nSPS) is 12.3. The molecular formula is C14H26O. The zero-order valence-electron chi connectivity index (χ0n) is 10.8. The van der Waals surface area contributed by atoms with Gasteiger partial charge < -0.3 is 0 Å². The Morgan fingerprint density at radius 3 is 2.20 bits per heavy atom. The van der Waals surface area contributed by atoms with Crippen molar-refractivity contribution in [2.24, 2.45) is 5.41 Å². The number of rotatable bonds is 7. The van der Waals surface area contributed by atoms with Gasteiger partial charge >= 0.3 is 0 Å². The summed E-state index contributed by atoms with van der Waals surface area (Å²) in [6.45, 7) is 8.10. The lowest BCUT2D eigenvalue weighted by Crippen LogP contribution is -2.17. The van der Waals surface area contributed by atoms with Gasteiger partial charge in [0.05, 0.1) is 0 Å². The van der Waals surface area contributed by atoms with Gasteiger partial charge in [0, 0.05) is 5.41 Å². The maximum absolute atomic E-state index is 11.5. The summed E-state index contributed by atoms with van der Waals surface area (Å²) in [5, 5.41) is 0. The van der Waals surface area contributed by atoms with Crippen LogP contribution in [0, 0.1) is 5.41 Å². The molecular weight excluding hydrogens is 184 g/mol. The van der Waals surface area contributed by atoms with Crippen molar-refractivity contribution in [3.63, 3.8) is 0 Å². The largest absolute Gasteiger partial charge is 0.294 e. The molecule has 0 heterocycles. The highest BCUT2D eigenvalue weighted by Gasteiger charge is 2.17. The summed E-state index contributed by atoms with van der Waals surface area (Å²) in [5.41, 5.74) is -0.224. The lowest BCUT2D eigenvalue weighted by molar-refractivity contribution is -0.121. The summed E-state index contributed by atoms with van der Waals surface area (Å²) >= 11 is 0. The SMILES string of the molecule is CCCCCCCC=CC(=O)C(C)(C)C. The van der Waals surface area contributed by atoms with Gasteiger partial charge in [-0.2, -0.15) is 0 Å². The monoisotopic (exact) mass is 210 g/mol. The minimum atomic E-state index is -0.224. The molecule has 0 unspecified atom stereocenters. The molecule has 0 saturated heterocycles. The van der Waals surface area contributed by atoms with Crippen LogP contribution in [0.25, 0.3) is 0 Å². The Kier molecular flexibility index (Phi) is 7.37. The van der Waals surface area contributed by atoms with E-state index >= 15 is 0 Å². The summed E-state index contributed by atoms with van der Waals surface area (Å²) in [4.78, 5) is 11.5. The summed E-state index contributed by atoms with van der Waals surface area (Å²) in [7, 11) is 0. The standard InChI is InChI=1S/C14H26O/c1-5-6-7-8-9-10-11-12-13(15)14(2,3)4/h11-12H,5-10H2,1-4H3. The molecule has 15 heavy (non-hydrogen) atoms. The molecule has 0 atom stereocenters. The fourth-order valence-corrected chi connectivity index (χ4v) is 1.31. The molecule has 0 aromatic carbocycles. The van der Waals surface area contributed by atoms with Crippen LogP contribution >= 0.6 is 0 Å². The van der Waals surface area contributed by atoms with Crippen LogP contribution in [0.3, 0.4) is 0 Å². The molecule has 0 bridgehead atoms. The Balaban J connectivity index is 3.51. The van der Waals surface area contributed by atoms with Gasteiger partial charge in [-0.25, -0.2) is 0 Å². The zero-order chi connectivity index (χ0) is 11.7. The van der Waals surface area contributed by atoms with Gasteiger partial charge in [-0.3, -0.25) is 4.79 Å². The highest BCUT2D eigenvalue weighted by atomic mass is 16.1. The average Bonchev–Trinajstić information content (AvgIpc) is 2.14. The number of ketones is 1. The first-order chi connectivity index (χ1) is 6.98. The van der Waals surface area contributed by atoms with Crippen molar-refractivity contribution in [1.29, 1.82) is 0 Å². The van der Waals surface area contributed by atoms with E-state index in [4.69, 9.17) is 0 Å². The Bertz CT molecular complexity index is 196. The molecule has 0 rings (SSSR count). The van der Waals surface area contributed by atoms with E-state index in [-0.39, 0.29) is 11.2 Å². The minimum Gasteiger partial charge on any atom is -0.294 e. The molecule has 0 aliphatic heterocycles. The van der Waals surface area contributed by atoms with Gasteiger partial charge in [0.15, 0.2) is 5.78 Å². The first kappa shape index (κ1) is 14.4. The van der Waals surface area contributed by atoms with Crippen molar-refractivity contribution < 1.29 is 4.79 Å². The maximum atomic E-state index is 11.5.